The number of allylic oxidation sites excluding steroid dienone is 3. The maximum atomic E-state index is 11.5. The molecule has 1 N–H and O–H groups in total. The molecule has 0 bridgehead atoms. The van der Waals surface area contributed by atoms with Crippen molar-refractivity contribution in [3.8, 4) is 0 Å². The van der Waals surface area contributed by atoms with Gasteiger partial charge in [0.1, 0.15) is 0 Å². The topological polar surface area (TPSA) is 37.3 Å². The van der Waals surface area contributed by atoms with E-state index in [-0.39, 0.29) is 5.41 Å². The highest BCUT2D eigenvalue weighted by molar-refractivity contribution is 8.11. The number of benzene rings is 1. The molecule has 1 aliphatic heterocycles. The Bertz CT molecular complexity index is 655. The Hall–Kier alpha value is -1.74. The van der Waals surface area contributed by atoms with Crippen molar-refractivity contribution >= 4 is 28.2 Å². The van der Waals surface area contributed by atoms with E-state index in [0.29, 0.717) is 11.1 Å². The van der Waals surface area contributed by atoms with Crippen molar-refractivity contribution in [2.75, 3.05) is 0 Å². The lowest BCUT2D eigenvalue weighted by molar-refractivity contribution is 0.0696. The first kappa shape index (κ1) is 15.6. The van der Waals surface area contributed by atoms with E-state index < -0.39 is 5.97 Å². The second kappa shape index (κ2) is 5.94. The molecule has 0 saturated carbocycles. The van der Waals surface area contributed by atoms with E-state index in [1.165, 1.54) is 0 Å². The summed E-state index contributed by atoms with van der Waals surface area (Å²) in [7, 11) is 0. The summed E-state index contributed by atoms with van der Waals surface area (Å²) in [5.41, 5.74) is 2.77. The molecule has 1 atom stereocenters. The lowest BCUT2D eigenvalue weighted by Crippen LogP contribution is -2.10. The summed E-state index contributed by atoms with van der Waals surface area (Å²) in [5, 5.41) is 11.5. The average molecular weight is 300 g/mol. The fraction of sp³-hybridized carbons (Fsp3) is 0.278. The van der Waals surface area contributed by atoms with Gasteiger partial charge in [-0.05, 0) is 35.9 Å². The van der Waals surface area contributed by atoms with Gasteiger partial charge in [0.2, 0.25) is 0 Å². The van der Waals surface area contributed by atoms with E-state index >= 15 is 0 Å². The first-order valence-electron chi connectivity index (χ1n) is 6.97. The van der Waals surface area contributed by atoms with Crippen LogP contribution in [0.2, 0.25) is 0 Å². The van der Waals surface area contributed by atoms with Crippen molar-refractivity contribution in [1.82, 2.24) is 0 Å². The first-order chi connectivity index (χ1) is 9.86. The number of carboxylic acid groups (broad SMARTS) is 1. The molecule has 3 heteroatoms. The van der Waals surface area contributed by atoms with Crippen molar-refractivity contribution in [2.45, 2.75) is 27.2 Å². The highest BCUT2D eigenvalue weighted by Gasteiger charge is 2.21. The number of thioether (sulfide) groups is 1. The summed E-state index contributed by atoms with van der Waals surface area (Å²) in [4.78, 5) is 12.6. The Kier molecular flexibility index (Phi) is 4.43. The normalized spacial score (nSPS) is 21.0. The van der Waals surface area contributed by atoms with Crippen LogP contribution < -0.4 is 0 Å². The van der Waals surface area contributed by atoms with Gasteiger partial charge in [-0.3, -0.25) is 0 Å². The molecule has 0 aliphatic carbocycles. The summed E-state index contributed by atoms with van der Waals surface area (Å²) in [6.07, 6.45) is 5.43. The van der Waals surface area contributed by atoms with Gasteiger partial charge in [0, 0.05) is 10.3 Å². The van der Waals surface area contributed by atoms with Crippen molar-refractivity contribution in [3.05, 3.63) is 59.0 Å². The third-order valence-electron chi connectivity index (χ3n) is 3.86. The predicted molar refractivity (Wildman–Crippen MR) is 91.2 cm³/mol. The van der Waals surface area contributed by atoms with Crippen LogP contribution in [0.15, 0.2) is 42.3 Å². The zero-order valence-corrected chi connectivity index (χ0v) is 13.5. The number of rotatable bonds is 4. The van der Waals surface area contributed by atoms with E-state index in [9.17, 15) is 9.90 Å². The lowest BCUT2D eigenvalue weighted by Gasteiger charge is -2.25. The van der Waals surface area contributed by atoms with Gasteiger partial charge in [-0.2, -0.15) is 0 Å². The Balaban J connectivity index is 2.49. The number of hydrogen-bond acceptors (Lipinski definition) is 2. The Morgan fingerprint density at radius 2 is 2.10 bits per heavy atom. The van der Waals surface area contributed by atoms with E-state index in [2.05, 4.69) is 38.0 Å². The minimum atomic E-state index is -0.912. The molecule has 2 rings (SSSR count). The van der Waals surface area contributed by atoms with Crippen LogP contribution in [0.3, 0.4) is 0 Å². The van der Waals surface area contributed by atoms with Crippen LogP contribution in [0, 0.1) is 5.41 Å². The molecule has 0 spiro atoms. The number of aromatic carboxylic acids is 1. The zero-order valence-electron chi connectivity index (χ0n) is 12.6. The third kappa shape index (κ3) is 3.30. The molecular weight excluding hydrogens is 280 g/mol. The van der Waals surface area contributed by atoms with Crippen LogP contribution in [-0.4, -0.2) is 11.1 Å². The molecule has 1 aliphatic rings. The third-order valence-corrected chi connectivity index (χ3v) is 4.74. The SMILES string of the molecule is C=C(C)c1ccc(C2=C[C@@](C)(CC)C=CS2)cc1C(=O)O. The van der Waals surface area contributed by atoms with Crippen LogP contribution in [0.1, 0.15) is 48.7 Å². The smallest absolute Gasteiger partial charge is 0.336 e. The Morgan fingerprint density at radius 1 is 1.38 bits per heavy atom. The van der Waals surface area contributed by atoms with Gasteiger partial charge >= 0.3 is 5.97 Å². The predicted octanol–water partition coefficient (Wildman–Crippen LogP) is 5.44. The van der Waals surface area contributed by atoms with E-state index in [0.717, 1.165) is 22.5 Å². The Labute approximate surface area is 130 Å². The molecule has 0 fully saturated rings. The fourth-order valence-electron chi connectivity index (χ4n) is 2.26. The maximum Gasteiger partial charge on any atom is 0.336 e. The summed E-state index contributed by atoms with van der Waals surface area (Å²) >= 11 is 1.63. The average Bonchev–Trinajstić information content (AvgIpc) is 2.46. The molecule has 0 saturated heterocycles. The van der Waals surface area contributed by atoms with Gasteiger partial charge in [0.25, 0.3) is 0 Å². The molecule has 1 aromatic carbocycles. The largest absolute Gasteiger partial charge is 0.478 e. The second-order valence-corrected chi connectivity index (χ2v) is 6.58. The van der Waals surface area contributed by atoms with Crippen LogP contribution in [0.25, 0.3) is 10.5 Å². The molecule has 2 nitrogen and oxygen atoms in total. The first-order valence-corrected chi connectivity index (χ1v) is 7.85. The van der Waals surface area contributed by atoms with Gasteiger partial charge in [0.05, 0.1) is 5.56 Å². The van der Waals surface area contributed by atoms with Crippen molar-refractivity contribution < 1.29 is 9.90 Å². The van der Waals surface area contributed by atoms with Crippen LogP contribution in [-0.2, 0) is 0 Å². The lowest BCUT2D eigenvalue weighted by atomic mass is 9.86. The van der Waals surface area contributed by atoms with Crippen LogP contribution >= 0.6 is 11.8 Å². The second-order valence-electron chi connectivity index (χ2n) is 5.63. The molecular formula is C18H20O2S. The molecule has 21 heavy (non-hydrogen) atoms. The monoisotopic (exact) mass is 300 g/mol. The fourth-order valence-corrected chi connectivity index (χ4v) is 3.39. The van der Waals surface area contributed by atoms with Gasteiger partial charge in [-0.25, -0.2) is 4.79 Å². The molecule has 0 aromatic heterocycles. The highest BCUT2D eigenvalue weighted by atomic mass is 32.2. The van der Waals surface area contributed by atoms with Gasteiger partial charge in [-0.1, -0.05) is 62.0 Å². The van der Waals surface area contributed by atoms with Crippen molar-refractivity contribution in [1.29, 1.82) is 0 Å². The van der Waals surface area contributed by atoms with Gasteiger partial charge in [0.15, 0.2) is 0 Å². The number of hydrogen-bond donors (Lipinski definition) is 1. The maximum absolute atomic E-state index is 11.5. The highest BCUT2D eigenvalue weighted by Crippen LogP contribution is 2.41. The molecule has 0 radical (unpaired) electrons. The van der Waals surface area contributed by atoms with E-state index in [1.807, 2.05) is 19.1 Å². The number of carbonyl (C=O) groups is 1. The number of carboxylic acids is 1. The Morgan fingerprint density at radius 3 is 2.67 bits per heavy atom. The van der Waals surface area contributed by atoms with Crippen molar-refractivity contribution in [3.63, 3.8) is 0 Å². The van der Waals surface area contributed by atoms with E-state index in [1.54, 1.807) is 17.8 Å². The zero-order chi connectivity index (χ0) is 15.6. The minimum Gasteiger partial charge on any atom is -0.478 e. The molecule has 110 valence electrons. The van der Waals surface area contributed by atoms with Crippen LogP contribution in [0.4, 0.5) is 0 Å². The van der Waals surface area contributed by atoms with Crippen molar-refractivity contribution in [2.24, 2.45) is 5.41 Å². The molecule has 1 heterocycles. The summed E-state index contributed by atoms with van der Waals surface area (Å²) in [6.45, 7) is 10.0. The van der Waals surface area contributed by atoms with Crippen LogP contribution in [0.5, 0.6) is 0 Å². The standard InChI is InChI=1S/C18H20O2S/c1-5-18(4)8-9-21-16(11-18)13-6-7-14(12(2)3)15(10-13)17(19)20/h6-11H,2,5H2,1,3-4H3,(H,19,20)/t18-/m0/s1. The summed E-state index contributed by atoms with van der Waals surface area (Å²) in [5.74, 6) is -0.912. The molecule has 0 amide bonds. The molecule has 1 aromatic rings. The van der Waals surface area contributed by atoms with Gasteiger partial charge in [-0.15, -0.1) is 0 Å². The van der Waals surface area contributed by atoms with Gasteiger partial charge < -0.3 is 5.11 Å². The summed E-state index contributed by atoms with van der Waals surface area (Å²) in [6, 6.07) is 5.58. The quantitative estimate of drug-likeness (QED) is 0.805. The minimum absolute atomic E-state index is 0.0387. The molecule has 0 unspecified atom stereocenters. The summed E-state index contributed by atoms with van der Waals surface area (Å²) < 4.78 is 0. The van der Waals surface area contributed by atoms with E-state index in [4.69, 9.17) is 0 Å².